The highest BCUT2D eigenvalue weighted by Gasteiger charge is 2.26. The van der Waals surface area contributed by atoms with Crippen LogP contribution in [0.1, 0.15) is 33.6 Å². The lowest BCUT2D eigenvalue weighted by molar-refractivity contribution is 0.0746. The second kappa shape index (κ2) is 7.08. The van der Waals surface area contributed by atoms with Crippen LogP contribution in [0.15, 0.2) is 29.6 Å². The highest BCUT2D eigenvalue weighted by molar-refractivity contribution is 7.10. The van der Waals surface area contributed by atoms with Crippen LogP contribution in [-0.4, -0.2) is 44.1 Å². The molecule has 1 aromatic heterocycles. The Morgan fingerprint density at radius 1 is 1.12 bits per heavy atom. The fourth-order valence-corrected chi connectivity index (χ4v) is 4.94. The molecule has 1 amide bonds. The molecular weight excluding hydrogens is 332 g/mol. The van der Waals surface area contributed by atoms with Gasteiger partial charge in [-0.25, -0.2) is 0 Å². The number of amides is 1. The second-order valence-corrected chi connectivity index (χ2v) is 7.70. The summed E-state index contributed by atoms with van der Waals surface area (Å²) in [5.41, 5.74) is 3.46. The number of benzene rings is 1. The highest BCUT2D eigenvalue weighted by atomic mass is 32.1. The number of rotatable bonds is 3. The number of carbonyl (C=O) groups excluding carboxylic acids is 1. The van der Waals surface area contributed by atoms with E-state index in [0.29, 0.717) is 0 Å². The van der Waals surface area contributed by atoms with E-state index in [2.05, 4.69) is 22.4 Å². The SMILES string of the molecule is COc1cccc(N2CCN(C(=O)c3csc4c3CCCC4)CC2)c1. The smallest absolute Gasteiger partial charge is 0.255 e. The molecule has 1 saturated heterocycles. The summed E-state index contributed by atoms with van der Waals surface area (Å²) < 4.78 is 5.32. The maximum absolute atomic E-state index is 13.0. The van der Waals surface area contributed by atoms with Crippen molar-refractivity contribution in [3.05, 3.63) is 45.6 Å². The van der Waals surface area contributed by atoms with Gasteiger partial charge in [-0.2, -0.15) is 0 Å². The lowest BCUT2D eigenvalue weighted by Crippen LogP contribution is -2.48. The van der Waals surface area contributed by atoms with E-state index >= 15 is 0 Å². The molecule has 4 nitrogen and oxygen atoms in total. The van der Waals surface area contributed by atoms with Crippen molar-refractivity contribution < 1.29 is 9.53 Å². The van der Waals surface area contributed by atoms with Crippen molar-refractivity contribution >= 4 is 22.9 Å². The molecule has 0 N–H and O–H groups in total. The Hall–Kier alpha value is -2.01. The summed E-state index contributed by atoms with van der Waals surface area (Å²) in [7, 11) is 1.69. The van der Waals surface area contributed by atoms with E-state index in [4.69, 9.17) is 4.74 Å². The third-order valence-corrected chi connectivity index (χ3v) is 6.37. The quantitative estimate of drug-likeness (QED) is 0.842. The van der Waals surface area contributed by atoms with Gasteiger partial charge in [0.15, 0.2) is 0 Å². The van der Waals surface area contributed by atoms with Gasteiger partial charge in [0.05, 0.1) is 12.7 Å². The van der Waals surface area contributed by atoms with E-state index in [9.17, 15) is 4.79 Å². The second-order valence-electron chi connectivity index (χ2n) is 6.74. The van der Waals surface area contributed by atoms with E-state index in [0.717, 1.165) is 50.3 Å². The van der Waals surface area contributed by atoms with Crippen LogP contribution >= 0.6 is 11.3 Å². The van der Waals surface area contributed by atoms with Gasteiger partial charge in [0, 0.05) is 48.2 Å². The number of ether oxygens (including phenoxy) is 1. The normalized spacial score (nSPS) is 17.3. The first-order chi connectivity index (χ1) is 12.3. The summed E-state index contributed by atoms with van der Waals surface area (Å²) in [6, 6.07) is 8.15. The molecule has 2 aliphatic rings. The lowest BCUT2D eigenvalue weighted by atomic mass is 9.95. The predicted molar refractivity (Wildman–Crippen MR) is 102 cm³/mol. The topological polar surface area (TPSA) is 32.8 Å². The standard InChI is InChI=1S/C20H24N2O2S/c1-24-16-6-4-5-15(13-16)21-9-11-22(12-10-21)20(23)18-14-25-19-8-3-2-7-17(18)19/h4-6,13-14H,2-3,7-12H2,1H3. The zero-order chi connectivity index (χ0) is 17.2. The molecule has 5 heteroatoms. The van der Waals surface area contributed by atoms with Crippen LogP contribution in [0.25, 0.3) is 0 Å². The Morgan fingerprint density at radius 3 is 2.72 bits per heavy atom. The van der Waals surface area contributed by atoms with Gasteiger partial charge in [-0.1, -0.05) is 6.07 Å². The van der Waals surface area contributed by atoms with E-state index in [1.165, 1.54) is 29.0 Å². The number of thiophene rings is 1. The summed E-state index contributed by atoms with van der Waals surface area (Å²) in [5.74, 6) is 1.10. The highest BCUT2D eigenvalue weighted by Crippen LogP contribution is 2.31. The minimum atomic E-state index is 0.227. The Bertz CT molecular complexity index is 763. The van der Waals surface area contributed by atoms with Crippen molar-refractivity contribution in [3.8, 4) is 5.75 Å². The lowest BCUT2D eigenvalue weighted by Gasteiger charge is -2.36. The Kier molecular flexibility index (Phi) is 4.66. The average molecular weight is 356 g/mol. The van der Waals surface area contributed by atoms with E-state index < -0.39 is 0 Å². The molecule has 0 bridgehead atoms. The summed E-state index contributed by atoms with van der Waals surface area (Å²) in [4.78, 5) is 18.8. The largest absolute Gasteiger partial charge is 0.497 e. The number of nitrogens with zero attached hydrogens (tertiary/aromatic N) is 2. The molecule has 2 aromatic rings. The Balaban J connectivity index is 1.43. The van der Waals surface area contributed by atoms with E-state index in [-0.39, 0.29) is 5.91 Å². The number of hydrogen-bond donors (Lipinski definition) is 0. The van der Waals surface area contributed by atoms with Gasteiger partial charge in [0.2, 0.25) is 0 Å². The number of hydrogen-bond acceptors (Lipinski definition) is 4. The molecule has 0 spiro atoms. The van der Waals surface area contributed by atoms with Gasteiger partial charge in [-0.05, 0) is 43.4 Å². The molecule has 25 heavy (non-hydrogen) atoms. The molecule has 0 unspecified atom stereocenters. The zero-order valence-electron chi connectivity index (χ0n) is 14.7. The van der Waals surface area contributed by atoms with Crippen molar-refractivity contribution in [1.29, 1.82) is 0 Å². The number of methoxy groups -OCH3 is 1. The van der Waals surface area contributed by atoms with Gasteiger partial charge in [-0.15, -0.1) is 11.3 Å². The molecule has 1 fully saturated rings. The molecular formula is C20H24N2O2S. The van der Waals surface area contributed by atoms with Crippen molar-refractivity contribution in [2.75, 3.05) is 38.2 Å². The maximum atomic E-state index is 13.0. The number of aryl methyl sites for hydroxylation is 1. The summed E-state index contributed by atoms with van der Waals surface area (Å²) in [6.45, 7) is 3.29. The summed E-state index contributed by atoms with van der Waals surface area (Å²) in [6.07, 6.45) is 4.70. The van der Waals surface area contributed by atoms with Crippen LogP contribution < -0.4 is 9.64 Å². The molecule has 1 aliphatic carbocycles. The zero-order valence-corrected chi connectivity index (χ0v) is 15.5. The molecule has 1 aromatic carbocycles. The molecule has 2 heterocycles. The first-order valence-corrected chi connectivity index (χ1v) is 9.92. The van der Waals surface area contributed by atoms with Crippen LogP contribution in [0.5, 0.6) is 5.75 Å². The van der Waals surface area contributed by atoms with Crippen molar-refractivity contribution in [2.24, 2.45) is 0 Å². The fourth-order valence-electron chi connectivity index (χ4n) is 3.82. The predicted octanol–water partition coefficient (Wildman–Crippen LogP) is 3.60. The van der Waals surface area contributed by atoms with Crippen LogP contribution in [-0.2, 0) is 12.8 Å². The fraction of sp³-hybridized carbons (Fsp3) is 0.450. The van der Waals surface area contributed by atoms with Crippen molar-refractivity contribution in [2.45, 2.75) is 25.7 Å². The van der Waals surface area contributed by atoms with Gasteiger partial charge in [-0.3, -0.25) is 4.79 Å². The molecule has 0 saturated carbocycles. The number of carbonyl (C=O) groups is 1. The molecule has 0 radical (unpaired) electrons. The minimum absolute atomic E-state index is 0.227. The van der Waals surface area contributed by atoms with Crippen molar-refractivity contribution in [3.63, 3.8) is 0 Å². The molecule has 1 aliphatic heterocycles. The third-order valence-electron chi connectivity index (χ3n) is 5.28. The van der Waals surface area contributed by atoms with Gasteiger partial charge < -0.3 is 14.5 Å². The van der Waals surface area contributed by atoms with Crippen LogP contribution in [0, 0.1) is 0 Å². The number of piperazine rings is 1. The first kappa shape index (κ1) is 16.5. The summed E-state index contributed by atoms with van der Waals surface area (Å²) in [5, 5.41) is 2.09. The van der Waals surface area contributed by atoms with Crippen LogP contribution in [0.2, 0.25) is 0 Å². The van der Waals surface area contributed by atoms with Gasteiger partial charge in [0.1, 0.15) is 5.75 Å². The minimum Gasteiger partial charge on any atom is -0.497 e. The molecule has 0 atom stereocenters. The molecule has 132 valence electrons. The number of anilines is 1. The Labute approximate surface area is 153 Å². The van der Waals surface area contributed by atoms with Crippen LogP contribution in [0.3, 0.4) is 0 Å². The molecule has 4 rings (SSSR count). The van der Waals surface area contributed by atoms with Gasteiger partial charge in [0.25, 0.3) is 5.91 Å². The van der Waals surface area contributed by atoms with Gasteiger partial charge >= 0.3 is 0 Å². The van der Waals surface area contributed by atoms with Crippen molar-refractivity contribution in [1.82, 2.24) is 4.90 Å². The maximum Gasteiger partial charge on any atom is 0.255 e. The van der Waals surface area contributed by atoms with E-state index in [1.54, 1.807) is 18.4 Å². The van der Waals surface area contributed by atoms with Crippen LogP contribution in [0.4, 0.5) is 5.69 Å². The monoisotopic (exact) mass is 356 g/mol. The summed E-state index contributed by atoms with van der Waals surface area (Å²) >= 11 is 1.77. The Morgan fingerprint density at radius 2 is 1.92 bits per heavy atom. The average Bonchev–Trinajstić information content (AvgIpc) is 3.12. The first-order valence-electron chi connectivity index (χ1n) is 9.04. The third kappa shape index (κ3) is 3.25. The number of fused-ring (bicyclic) bond motifs is 1. The van der Waals surface area contributed by atoms with E-state index in [1.807, 2.05) is 17.0 Å².